The van der Waals surface area contributed by atoms with Gasteiger partial charge in [-0.05, 0) is 25.1 Å². The number of hydrogen-bond donors (Lipinski definition) is 0. The minimum absolute atomic E-state index is 0.489. The first-order chi connectivity index (χ1) is 7.60. The van der Waals surface area contributed by atoms with Crippen molar-refractivity contribution in [2.45, 2.75) is 6.42 Å². The molecule has 1 rings (SSSR count). The number of rotatable bonds is 5. The zero-order chi connectivity index (χ0) is 12.1. The van der Waals surface area contributed by atoms with Gasteiger partial charge in [0, 0.05) is 6.54 Å². The van der Waals surface area contributed by atoms with Crippen LogP contribution in [0.2, 0.25) is 10.0 Å². The van der Waals surface area contributed by atoms with E-state index in [1.165, 1.54) is 0 Å². The van der Waals surface area contributed by atoms with Crippen LogP contribution in [0.1, 0.15) is 5.56 Å². The summed E-state index contributed by atoms with van der Waals surface area (Å²) in [5, 5.41) is 1.08. The highest BCUT2D eigenvalue weighted by molar-refractivity contribution is 9.09. The zero-order valence-corrected chi connectivity index (χ0v) is 12.4. The first-order valence-electron chi connectivity index (χ1n) is 4.85. The molecule has 0 saturated heterocycles. The van der Waals surface area contributed by atoms with Gasteiger partial charge >= 0.3 is 0 Å². The van der Waals surface area contributed by atoms with Crippen molar-refractivity contribution in [1.29, 1.82) is 0 Å². The molecule has 16 heavy (non-hydrogen) atoms. The van der Waals surface area contributed by atoms with Crippen molar-refractivity contribution in [3.63, 3.8) is 0 Å². The van der Waals surface area contributed by atoms with Crippen LogP contribution in [0.5, 0.6) is 5.75 Å². The highest BCUT2D eigenvalue weighted by atomic mass is 79.9. The molecular weight excluding hydrogens is 313 g/mol. The summed E-state index contributed by atoms with van der Waals surface area (Å²) in [4.78, 5) is 2.15. The van der Waals surface area contributed by atoms with Crippen LogP contribution in [0, 0.1) is 0 Å². The highest BCUT2D eigenvalue weighted by Gasteiger charge is 2.10. The van der Waals surface area contributed by atoms with E-state index in [-0.39, 0.29) is 0 Å². The molecule has 5 heteroatoms. The summed E-state index contributed by atoms with van der Waals surface area (Å²) in [7, 11) is 3.61. The molecule has 0 aliphatic carbocycles. The number of benzene rings is 1. The van der Waals surface area contributed by atoms with Gasteiger partial charge in [-0.3, -0.25) is 4.90 Å². The largest absolute Gasteiger partial charge is 0.495 e. The van der Waals surface area contributed by atoms with Crippen LogP contribution < -0.4 is 4.74 Å². The van der Waals surface area contributed by atoms with Gasteiger partial charge in [0.25, 0.3) is 0 Å². The van der Waals surface area contributed by atoms with Gasteiger partial charge in [-0.2, -0.15) is 0 Å². The molecule has 0 atom stereocenters. The second-order valence-corrected chi connectivity index (χ2v) is 4.76. The normalized spacial score (nSPS) is 10.9. The minimum atomic E-state index is 0.489. The third kappa shape index (κ3) is 3.52. The Labute approximate surface area is 115 Å². The maximum atomic E-state index is 6.16. The zero-order valence-electron chi connectivity index (χ0n) is 9.27. The van der Waals surface area contributed by atoms with Crippen molar-refractivity contribution >= 4 is 39.1 Å². The number of likely N-dealkylation sites (N-methyl/N-ethyl adjacent to an activating group) is 1. The second kappa shape index (κ2) is 6.70. The van der Waals surface area contributed by atoms with Gasteiger partial charge in [0.1, 0.15) is 10.8 Å². The van der Waals surface area contributed by atoms with Crippen molar-refractivity contribution in [3.8, 4) is 5.75 Å². The lowest BCUT2D eigenvalue weighted by Gasteiger charge is -2.14. The molecule has 0 bridgehead atoms. The molecule has 0 N–H and O–H groups in total. The van der Waals surface area contributed by atoms with Gasteiger partial charge in [-0.25, -0.2) is 0 Å². The van der Waals surface area contributed by atoms with E-state index in [0.717, 1.165) is 24.0 Å². The monoisotopic (exact) mass is 325 g/mol. The summed E-state index contributed by atoms with van der Waals surface area (Å²) in [6.45, 7) is 0.924. The van der Waals surface area contributed by atoms with Crippen LogP contribution in [0.15, 0.2) is 12.1 Å². The molecule has 0 aliphatic heterocycles. The molecule has 0 fully saturated rings. The Balaban J connectivity index is 2.78. The fourth-order valence-corrected chi connectivity index (χ4v) is 2.06. The fraction of sp³-hybridized carbons (Fsp3) is 0.455. The molecule has 2 nitrogen and oxygen atoms in total. The van der Waals surface area contributed by atoms with Crippen LogP contribution in [0.25, 0.3) is 0 Å². The molecule has 0 saturated carbocycles. The minimum Gasteiger partial charge on any atom is -0.495 e. The van der Waals surface area contributed by atoms with Crippen molar-refractivity contribution in [3.05, 3.63) is 27.7 Å². The predicted molar refractivity (Wildman–Crippen MR) is 73.1 cm³/mol. The lowest BCUT2D eigenvalue weighted by Crippen LogP contribution is -2.19. The summed E-state index contributed by atoms with van der Waals surface area (Å²) in [6, 6.07) is 3.80. The highest BCUT2D eigenvalue weighted by Crippen LogP contribution is 2.34. The van der Waals surface area contributed by atoms with Gasteiger partial charge in [-0.15, -0.1) is 0 Å². The summed E-state index contributed by atoms with van der Waals surface area (Å²) >= 11 is 15.6. The summed E-state index contributed by atoms with van der Waals surface area (Å²) in [5.41, 5.74) is 1.88. The van der Waals surface area contributed by atoms with Crippen LogP contribution in [-0.2, 0) is 6.42 Å². The lowest BCUT2D eigenvalue weighted by molar-refractivity contribution is 0.400. The van der Waals surface area contributed by atoms with Gasteiger partial charge in [-0.1, -0.05) is 45.2 Å². The van der Waals surface area contributed by atoms with E-state index >= 15 is 0 Å². The average Bonchev–Trinajstić information content (AvgIpc) is 2.30. The van der Waals surface area contributed by atoms with Gasteiger partial charge in [0.2, 0.25) is 0 Å². The SMILES string of the molecule is COc1ccc(CCN(C)CBr)c(Cl)c1Cl. The van der Waals surface area contributed by atoms with E-state index in [9.17, 15) is 0 Å². The molecule has 1 aromatic rings. The number of alkyl halides is 1. The van der Waals surface area contributed by atoms with Crippen LogP contribution in [0.3, 0.4) is 0 Å². The van der Waals surface area contributed by atoms with Crippen LogP contribution in [-0.4, -0.2) is 31.1 Å². The van der Waals surface area contributed by atoms with Crippen molar-refractivity contribution in [1.82, 2.24) is 4.90 Å². The fourth-order valence-electron chi connectivity index (χ4n) is 1.29. The maximum absolute atomic E-state index is 6.16. The second-order valence-electron chi connectivity index (χ2n) is 3.50. The molecule has 0 aliphatic rings. The first kappa shape index (κ1) is 14.1. The summed E-state index contributed by atoms with van der Waals surface area (Å²) < 4.78 is 5.09. The summed E-state index contributed by atoms with van der Waals surface area (Å²) in [5.74, 6) is 0.615. The molecule has 0 unspecified atom stereocenters. The molecule has 90 valence electrons. The predicted octanol–water partition coefficient (Wildman–Crippen LogP) is 3.83. The van der Waals surface area contributed by atoms with Crippen molar-refractivity contribution in [2.24, 2.45) is 0 Å². The molecule has 1 aromatic carbocycles. The number of methoxy groups -OCH3 is 1. The molecule has 0 aromatic heterocycles. The Hall–Kier alpha value is 0.0400. The Morgan fingerprint density at radius 1 is 1.31 bits per heavy atom. The van der Waals surface area contributed by atoms with Crippen LogP contribution >= 0.6 is 39.1 Å². The standard InChI is InChI=1S/C11H14BrCl2NO/c1-15(7-12)6-5-8-3-4-9(16-2)11(14)10(8)13/h3-4H,5-7H2,1-2H3. The number of halogens is 3. The Morgan fingerprint density at radius 3 is 2.56 bits per heavy atom. The molecule has 0 amide bonds. The number of hydrogen-bond acceptors (Lipinski definition) is 2. The molecule has 0 heterocycles. The summed E-state index contributed by atoms with van der Waals surface area (Å²) in [6.07, 6.45) is 0.866. The Bertz CT molecular complexity index is 360. The van der Waals surface area contributed by atoms with E-state index in [4.69, 9.17) is 27.9 Å². The van der Waals surface area contributed by atoms with E-state index in [0.29, 0.717) is 15.8 Å². The number of ether oxygens (including phenoxy) is 1. The van der Waals surface area contributed by atoms with E-state index in [1.807, 2.05) is 19.2 Å². The third-order valence-electron chi connectivity index (χ3n) is 2.31. The average molecular weight is 327 g/mol. The third-order valence-corrected chi connectivity index (χ3v) is 4.07. The topological polar surface area (TPSA) is 12.5 Å². The molecule has 0 radical (unpaired) electrons. The van der Waals surface area contributed by atoms with E-state index in [2.05, 4.69) is 20.8 Å². The van der Waals surface area contributed by atoms with Gasteiger partial charge in [0.15, 0.2) is 0 Å². The maximum Gasteiger partial charge on any atom is 0.138 e. The van der Waals surface area contributed by atoms with E-state index in [1.54, 1.807) is 7.11 Å². The van der Waals surface area contributed by atoms with Gasteiger partial charge in [0.05, 0.1) is 17.6 Å². The van der Waals surface area contributed by atoms with Crippen molar-refractivity contribution in [2.75, 3.05) is 26.2 Å². The van der Waals surface area contributed by atoms with Crippen molar-refractivity contribution < 1.29 is 4.74 Å². The first-order valence-corrected chi connectivity index (χ1v) is 6.73. The van der Waals surface area contributed by atoms with E-state index < -0.39 is 0 Å². The lowest BCUT2D eigenvalue weighted by atomic mass is 10.1. The van der Waals surface area contributed by atoms with Crippen LogP contribution in [0.4, 0.5) is 0 Å². The smallest absolute Gasteiger partial charge is 0.138 e. The quantitative estimate of drug-likeness (QED) is 0.602. The van der Waals surface area contributed by atoms with Gasteiger partial charge < -0.3 is 4.74 Å². The Morgan fingerprint density at radius 2 is 2.00 bits per heavy atom. The Kier molecular flexibility index (Phi) is 5.90. The molecule has 0 spiro atoms. The molecular formula is C11H14BrCl2NO. The number of nitrogens with zero attached hydrogens (tertiary/aromatic N) is 1.